The molecule has 0 aromatic carbocycles. The standard InChI is InChI=1S/C9H12N4O2/c14-7-1-8(12-4-7)9(15)13-6-2-10-5-11-3-6/h2-3,5,7-8,12,14H,1,4H2,(H,13,15). The van der Waals surface area contributed by atoms with Gasteiger partial charge < -0.3 is 15.7 Å². The molecule has 1 aliphatic rings. The third-order valence-corrected chi connectivity index (χ3v) is 2.25. The summed E-state index contributed by atoms with van der Waals surface area (Å²) in [4.78, 5) is 19.2. The monoisotopic (exact) mass is 208 g/mol. The zero-order valence-corrected chi connectivity index (χ0v) is 8.05. The Balaban J connectivity index is 1.93. The quantitative estimate of drug-likeness (QED) is 0.588. The van der Waals surface area contributed by atoms with E-state index in [4.69, 9.17) is 0 Å². The molecule has 0 saturated carbocycles. The molecule has 80 valence electrons. The Bertz CT molecular complexity index is 343. The minimum Gasteiger partial charge on any atom is -0.392 e. The van der Waals surface area contributed by atoms with Crippen molar-refractivity contribution in [2.45, 2.75) is 18.6 Å². The van der Waals surface area contributed by atoms with Crippen molar-refractivity contribution >= 4 is 11.6 Å². The zero-order valence-electron chi connectivity index (χ0n) is 8.05. The Morgan fingerprint density at radius 1 is 1.53 bits per heavy atom. The van der Waals surface area contributed by atoms with Crippen LogP contribution in [0.15, 0.2) is 18.7 Å². The van der Waals surface area contributed by atoms with E-state index in [2.05, 4.69) is 20.6 Å². The molecule has 1 amide bonds. The molecular formula is C9H12N4O2. The van der Waals surface area contributed by atoms with E-state index in [-0.39, 0.29) is 11.9 Å². The Labute approximate surface area is 86.7 Å². The van der Waals surface area contributed by atoms with E-state index in [1.165, 1.54) is 18.7 Å². The van der Waals surface area contributed by atoms with Crippen LogP contribution in [0.25, 0.3) is 0 Å². The second-order valence-electron chi connectivity index (χ2n) is 3.47. The van der Waals surface area contributed by atoms with Crippen molar-refractivity contribution in [3.63, 3.8) is 0 Å². The molecular weight excluding hydrogens is 196 g/mol. The number of rotatable bonds is 2. The molecule has 0 radical (unpaired) electrons. The van der Waals surface area contributed by atoms with Crippen LogP contribution in [-0.2, 0) is 4.79 Å². The molecule has 2 unspecified atom stereocenters. The summed E-state index contributed by atoms with van der Waals surface area (Å²) in [6.07, 6.45) is 4.45. The first-order chi connectivity index (χ1) is 7.25. The number of hydrogen-bond donors (Lipinski definition) is 3. The fraction of sp³-hybridized carbons (Fsp3) is 0.444. The lowest BCUT2D eigenvalue weighted by Gasteiger charge is -2.09. The van der Waals surface area contributed by atoms with Gasteiger partial charge in [0.2, 0.25) is 5.91 Å². The summed E-state index contributed by atoms with van der Waals surface area (Å²) >= 11 is 0. The van der Waals surface area contributed by atoms with E-state index in [9.17, 15) is 9.90 Å². The van der Waals surface area contributed by atoms with E-state index in [0.717, 1.165) is 0 Å². The maximum absolute atomic E-state index is 11.6. The number of aliphatic hydroxyl groups excluding tert-OH is 1. The van der Waals surface area contributed by atoms with Gasteiger partial charge in [-0.1, -0.05) is 0 Å². The van der Waals surface area contributed by atoms with Crippen molar-refractivity contribution < 1.29 is 9.90 Å². The number of amides is 1. The van der Waals surface area contributed by atoms with Gasteiger partial charge in [-0.15, -0.1) is 0 Å². The third kappa shape index (κ3) is 2.48. The van der Waals surface area contributed by atoms with Crippen LogP contribution in [0.4, 0.5) is 5.69 Å². The van der Waals surface area contributed by atoms with E-state index in [0.29, 0.717) is 18.7 Å². The minimum atomic E-state index is -0.437. The summed E-state index contributed by atoms with van der Waals surface area (Å²) in [6.45, 7) is 0.462. The summed E-state index contributed by atoms with van der Waals surface area (Å²) in [5, 5.41) is 14.8. The van der Waals surface area contributed by atoms with Crippen molar-refractivity contribution in [3.05, 3.63) is 18.7 Å². The summed E-state index contributed by atoms with van der Waals surface area (Å²) in [5.41, 5.74) is 0.561. The molecule has 3 N–H and O–H groups in total. The topological polar surface area (TPSA) is 87.1 Å². The van der Waals surface area contributed by atoms with Crippen LogP contribution in [0, 0.1) is 0 Å². The van der Waals surface area contributed by atoms with Gasteiger partial charge in [-0.2, -0.15) is 0 Å². The van der Waals surface area contributed by atoms with Gasteiger partial charge in [0.25, 0.3) is 0 Å². The van der Waals surface area contributed by atoms with Crippen molar-refractivity contribution in [2.75, 3.05) is 11.9 Å². The summed E-state index contributed by atoms with van der Waals surface area (Å²) < 4.78 is 0. The number of nitrogens with one attached hydrogen (secondary N) is 2. The lowest BCUT2D eigenvalue weighted by atomic mass is 10.2. The highest BCUT2D eigenvalue weighted by Gasteiger charge is 2.27. The van der Waals surface area contributed by atoms with E-state index in [1.54, 1.807) is 0 Å². The van der Waals surface area contributed by atoms with Gasteiger partial charge in [0.05, 0.1) is 30.2 Å². The van der Waals surface area contributed by atoms with Crippen LogP contribution in [0.3, 0.4) is 0 Å². The van der Waals surface area contributed by atoms with E-state index < -0.39 is 6.10 Å². The lowest BCUT2D eigenvalue weighted by Crippen LogP contribution is -2.35. The van der Waals surface area contributed by atoms with Crippen LogP contribution in [-0.4, -0.2) is 39.7 Å². The normalized spacial score (nSPS) is 25.1. The second kappa shape index (κ2) is 4.33. The maximum atomic E-state index is 11.6. The number of nitrogens with zero attached hydrogens (tertiary/aromatic N) is 2. The zero-order chi connectivity index (χ0) is 10.7. The predicted molar refractivity (Wildman–Crippen MR) is 53.1 cm³/mol. The van der Waals surface area contributed by atoms with Crippen molar-refractivity contribution in [1.82, 2.24) is 15.3 Å². The van der Waals surface area contributed by atoms with Crippen LogP contribution in [0.1, 0.15) is 6.42 Å². The largest absolute Gasteiger partial charge is 0.392 e. The van der Waals surface area contributed by atoms with Gasteiger partial charge in [0.1, 0.15) is 6.33 Å². The van der Waals surface area contributed by atoms with Gasteiger partial charge in [-0.25, -0.2) is 9.97 Å². The molecule has 1 aromatic heterocycles. The van der Waals surface area contributed by atoms with Crippen molar-refractivity contribution in [2.24, 2.45) is 0 Å². The first-order valence-electron chi connectivity index (χ1n) is 4.73. The first kappa shape index (κ1) is 10.0. The molecule has 2 heterocycles. The smallest absolute Gasteiger partial charge is 0.241 e. The van der Waals surface area contributed by atoms with Crippen molar-refractivity contribution in [1.29, 1.82) is 0 Å². The Kier molecular flexibility index (Phi) is 2.89. The third-order valence-electron chi connectivity index (χ3n) is 2.25. The van der Waals surface area contributed by atoms with E-state index in [1.807, 2.05) is 0 Å². The molecule has 6 heteroatoms. The molecule has 0 spiro atoms. The highest BCUT2D eigenvalue weighted by molar-refractivity contribution is 5.94. The second-order valence-corrected chi connectivity index (χ2v) is 3.47. The average molecular weight is 208 g/mol. The summed E-state index contributed by atoms with van der Waals surface area (Å²) in [7, 11) is 0. The van der Waals surface area contributed by atoms with E-state index >= 15 is 0 Å². The molecule has 1 saturated heterocycles. The first-order valence-corrected chi connectivity index (χ1v) is 4.73. The Morgan fingerprint density at radius 2 is 2.27 bits per heavy atom. The van der Waals surface area contributed by atoms with Gasteiger partial charge >= 0.3 is 0 Å². The molecule has 1 fully saturated rings. The number of aromatic nitrogens is 2. The van der Waals surface area contributed by atoms with Gasteiger partial charge in [-0.3, -0.25) is 4.79 Å². The number of carbonyl (C=O) groups excluding carboxylic acids is 1. The van der Waals surface area contributed by atoms with Gasteiger partial charge in [-0.05, 0) is 6.42 Å². The van der Waals surface area contributed by atoms with Gasteiger partial charge in [0, 0.05) is 6.54 Å². The fourth-order valence-corrected chi connectivity index (χ4v) is 1.51. The minimum absolute atomic E-state index is 0.165. The summed E-state index contributed by atoms with van der Waals surface area (Å²) in [5.74, 6) is -0.165. The molecule has 1 aromatic rings. The number of hydrogen-bond acceptors (Lipinski definition) is 5. The molecule has 2 rings (SSSR count). The molecule has 1 aliphatic heterocycles. The number of carbonyl (C=O) groups is 1. The molecule has 6 nitrogen and oxygen atoms in total. The number of aliphatic hydroxyl groups is 1. The Hall–Kier alpha value is -1.53. The van der Waals surface area contributed by atoms with Crippen LogP contribution < -0.4 is 10.6 Å². The average Bonchev–Trinajstić information content (AvgIpc) is 2.66. The molecule has 0 bridgehead atoms. The number of β-amino-alcohol motifs (C(OH)–C–C–N with tert-alkyl or cyclic N) is 1. The lowest BCUT2D eigenvalue weighted by molar-refractivity contribution is -0.117. The Morgan fingerprint density at radius 3 is 2.87 bits per heavy atom. The molecule has 15 heavy (non-hydrogen) atoms. The van der Waals surface area contributed by atoms with Crippen LogP contribution >= 0.6 is 0 Å². The summed E-state index contributed by atoms with van der Waals surface area (Å²) in [6, 6.07) is -0.333. The fourth-order valence-electron chi connectivity index (χ4n) is 1.51. The number of anilines is 1. The van der Waals surface area contributed by atoms with Crippen LogP contribution in [0.5, 0.6) is 0 Å². The maximum Gasteiger partial charge on any atom is 0.241 e. The van der Waals surface area contributed by atoms with Crippen LogP contribution in [0.2, 0.25) is 0 Å². The predicted octanol–water partition coefficient (Wildman–Crippen LogP) is -0.862. The highest BCUT2D eigenvalue weighted by atomic mass is 16.3. The van der Waals surface area contributed by atoms with Gasteiger partial charge in [0.15, 0.2) is 0 Å². The molecule has 2 atom stereocenters. The van der Waals surface area contributed by atoms with Crippen molar-refractivity contribution in [3.8, 4) is 0 Å². The SMILES string of the molecule is O=C(Nc1cncnc1)C1CC(O)CN1. The highest BCUT2D eigenvalue weighted by Crippen LogP contribution is 2.09. The molecule has 0 aliphatic carbocycles.